The molecule has 5 nitrogen and oxygen atoms in total. The minimum absolute atomic E-state index is 0.214. The average molecular weight is 382 g/mol. The van der Waals surface area contributed by atoms with Gasteiger partial charge in [0.1, 0.15) is 4.83 Å². The fourth-order valence-electron chi connectivity index (χ4n) is 3.60. The van der Waals surface area contributed by atoms with E-state index in [1.54, 1.807) is 10.6 Å². The molecule has 3 aromatic rings. The summed E-state index contributed by atoms with van der Waals surface area (Å²) < 4.78 is 8.91. The van der Waals surface area contributed by atoms with Gasteiger partial charge in [-0.15, -0.1) is 17.9 Å². The molecule has 0 fully saturated rings. The summed E-state index contributed by atoms with van der Waals surface area (Å²) in [7, 11) is 0. The van der Waals surface area contributed by atoms with Crippen LogP contribution >= 0.6 is 11.3 Å². The van der Waals surface area contributed by atoms with Crippen LogP contribution in [0.15, 0.2) is 52.6 Å². The van der Waals surface area contributed by atoms with Gasteiger partial charge in [0.05, 0.1) is 24.1 Å². The van der Waals surface area contributed by atoms with Crippen LogP contribution < -0.4 is 11.2 Å². The third-order valence-corrected chi connectivity index (χ3v) is 6.16. The minimum atomic E-state index is -0.322. The fraction of sp³-hybridized carbons (Fsp3) is 0.333. The Kier molecular flexibility index (Phi) is 4.40. The Labute approximate surface area is 161 Å². The van der Waals surface area contributed by atoms with Gasteiger partial charge in [-0.1, -0.05) is 36.4 Å². The van der Waals surface area contributed by atoms with Crippen molar-refractivity contribution in [3.05, 3.63) is 79.8 Å². The van der Waals surface area contributed by atoms with Crippen LogP contribution in [0, 0.1) is 0 Å². The van der Waals surface area contributed by atoms with Crippen LogP contribution in [0.4, 0.5) is 0 Å². The second-order valence-electron chi connectivity index (χ2n) is 7.47. The maximum absolute atomic E-state index is 13.3. The topological polar surface area (TPSA) is 53.2 Å². The molecule has 0 N–H and O–H groups in total. The lowest BCUT2D eigenvalue weighted by Crippen LogP contribution is -2.40. The standard InChI is InChI=1S/C21H22N2O3S/c1-4-10-22-19-17(15-11-21(2,3)26-13-16(15)27-19)18(24)23(20(22)25)12-14-8-6-5-7-9-14/h4-9H,1,10-13H2,2-3H3. The van der Waals surface area contributed by atoms with Gasteiger partial charge < -0.3 is 4.74 Å². The molecule has 0 radical (unpaired) electrons. The van der Waals surface area contributed by atoms with Crippen molar-refractivity contribution >= 4 is 21.6 Å². The van der Waals surface area contributed by atoms with Crippen LogP contribution in [-0.2, 0) is 30.9 Å². The van der Waals surface area contributed by atoms with Gasteiger partial charge in [-0.2, -0.15) is 0 Å². The van der Waals surface area contributed by atoms with E-state index in [9.17, 15) is 9.59 Å². The van der Waals surface area contributed by atoms with Crippen molar-refractivity contribution in [3.63, 3.8) is 0 Å². The Morgan fingerprint density at radius 2 is 1.96 bits per heavy atom. The van der Waals surface area contributed by atoms with Crippen LogP contribution in [0.5, 0.6) is 0 Å². The van der Waals surface area contributed by atoms with E-state index < -0.39 is 0 Å². The number of hydrogen-bond acceptors (Lipinski definition) is 4. The first kappa shape index (κ1) is 17.9. The zero-order chi connectivity index (χ0) is 19.2. The van der Waals surface area contributed by atoms with Crippen molar-refractivity contribution in [1.82, 2.24) is 9.13 Å². The number of rotatable bonds is 4. The number of aromatic nitrogens is 2. The molecule has 0 bridgehead atoms. The maximum Gasteiger partial charge on any atom is 0.332 e. The Hall–Kier alpha value is -2.44. The first-order chi connectivity index (χ1) is 12.9. The molecule has 0 saturated carbocycles. The van der Waals surface area contributed by atoms with E-state index >= 15 is 0 Å². The highest BCUT2D eigenvalue weighted by atomic mass is 32.1. The molecule has 3 heterocycles. The molecule has 4 rings (SSSR count). The monoisotopic (exact) mass is 382 g/mol. The number of allylic oxidation sites excluding steroid dienone is 1. The summed E-state index contributed by atoms with van der Waals surface area (Å²) >= 11 is 1.49. The van der Waals surface area contributed by atoms with Crippen molar-refractivity contribution in [2.45, 2.75) is 45.6 Å². The van der Waals surface area contributed by atoms with Crippen molar-refractivity contribution in [2.24, 2.45) is 0 Å². The van der Waals surface area contributed by atoms with Gasteiger partial charge in [-0.05, 0) is 25.0 Å². The first-order valence-corrected chi connectivity index (χ1v) is 9.79. The zero-order valence-electron chi connectivity index (χ0n) is 15.5. The number of fused-ring (bicyclic) bond motifs is 3. The maximum atomic E-state index is 13.3. The van der Waals surface area contributed by atoms with Crippen LogP contribution in [0.3, 0.4) is 0 Å². The van der Waals surface area contributed by atoms with Gasteiger partial charge in [0.15, 0.2) is 0 Å². The summed E-state index contributed by atoms with van der Waals surface area (Å²) in [5, 5.41) is 0.656. The van der Waals surface area contributed by atoms with E-state index in [4.69, 9.17) is 4.74 Å². The molecule has 0 unspecified atom stereocenters. The summed E-state index contributed by atoms with van der Waals surface area (Å²) in [4.78, 5) is 28.2. The Morgan fingerprint density at radius 1 is 1.22 bits per heavy atom. The minimum Gasteiger partial charge on any atom is -0.370 e. The van der Waals surface area contributed by atoms with E-state index in [-0.39, 0.29) is 23.4 Å². The normalized spacial score (nSPS) is 15.6. The van der Waals surface area contributed by atoms with Crippen LogP contribution in [0.25, 0.3) is 10.2 Å². The van der Waals surface area contributed by atoms with Crippen LogP contribution in [-0.4, -0.2) is 14.7 Å². The number of ether oxygens (including phenoxy) is 1. The highest BCUT2D eigenvalue weighted by Crippen LogP contribution is 2.37. The van der Waals surface area contributed by atoms with Gasteiger partial charge in [0.2, 0.25) is 0 Å². The van der Waals surface area contributed by atoms with Gasteiger partial charge in [-0.3, -0.25) is 13.9 Å². The molecule has 2 aromatic heterocycles. The first-order valence-electron chi connectivity index (χ1n) is 8.98. The predicted molar refractivity (Wildman–Crippen MR) is 109 cm³/mol. The SMILES string of the molecule is C=CCn1c(=O)n(Cc2ccccc2)c(=O)c2c3c(sc21)COC(C)(C)C3. The van der Waals surface area contributed by atoms with Crippen molar-refractivity contribution in [2.75, 3.05) is 0 Å². The zero-order valence-corrected chi connectivity index (χ0v) is 16.3. The highest BCUT2D eigenvalue weighted by molar-refractivity contribution is 7.18. The summed E-state index contributed by atoms with van der Waals surface area (Å²) in [5.41, 5.74) is 1.12. The molecule has 0 saturated heterocycles. The average Bonchev–Trinajstić information content (AvgIpc) is 3.00. The van der Waals surface area contributed by atoms with Crippen LogP contribution in [0.1, 0.15) is 29.9 Å². The van der Waals surface area contributed by atoms with Crippen molar-refractivity contribution in [1.29, 1.82) is 0 Å². The fourth-order valence-corrected chi connectivity index (χ4v) is 4.82. The summed E-state index contributed by atoms with van der Waals surface area (Å²) in [6.45, 7) is 8.94. The molecular weight excluding hydrogens is 360 g/mol. The largest absolute Gasteiger partial charge is 0.370 e. The molecule has 0 spiro atoms. The third-order valence-electron chi connectivity index (χ3n) is 4.93. The van der Waals surface area contributed by atoms with E-state index in [0.29, 0.717) is 25.0 Å². The summed E-state index contributed by atoms with van der Waals surface area (Å²) in [6.07, 6.45) is 2.35. The van der Waals surface area contributed by atoms with Crippen molar-refractivity contribution in [3.8, 4) is 0 Å². The number of thiophene rings is 1. The van der Waals surface area contributed by atoms with E-state index in [0.717, 1.165) is 20.8 Å². The van der Waals surface area contributed by atoms with Crippen molar-refractivity contribution < 1.29 is 4.74 Å². The van der Waals surface area contributed by atoms with Gasteiger partial charge >= 0.3 is 5.69 Å². The van der Waals surface area contributed by atoms with Gasteiger partial charge in [-0.25, -0.2) is 4.79 Å². The summed E-state index contributed by atoms with van der Waals surface area (Å²) in [6, 6.07) is 9.59. The summed E-state index contributed by atoms with van der Waals surface area (Å²) in [5.74, 6) is 0. The Bertz CT molecular complexity index is 1140. The van der Waals surface area contributed by atoms with Crippen LogP contribution in [0.2, 0.25) is 0 Å². The second kappa shape index (κ2) is 6.62. The molecule has 0 atom stereocenters. The number of hydrogen-bond donors (Lipinski definition) is 0. The van der Waals surface area contributed by atoms with E-state index in [2.05, 4.69) is 6.58 Å². The van der Waals surface area contributed by atoms with Gasteiger partial charge in [0, 0.05) is 17.8 Å². The lowest BCUT2D eigenvalue weighted by Gasteiger charge is -2.29. The Morgan fingerprint density at radius 3 is 2.67 bits per heavy atom. The molecule has 1 aliphatic rings. The van der Waals surface area contributed by atoms with E-state index in [1.807, 2.05) is 44.2 Å². The molecule has 0 aliphatic carbocycles. The molecular formula is C21H22N2O3S. The molecule has 27 heavy (non-hydrogen) atoms. The third kappa shape index (κ3) is 3.09. The smallest absolute Gasteiger partial charge is 0.332 e. The lowest BCUT2D eigenvalue weighted by atomic mass is 9.94. The lowest BCUT2D eigenvalue weighted by molar-refractivity contribution is -0.0379. The molecule has 6 heteroatoms. The number of benzene rings is 1. The Balaban J connectivity index is 2.00. The highest BCUT2D eigenvalue weighted by Gasteiger charge is 2.31. The molecule has 1 aromatic carbocycles. The molecule has 0 amide bonds. The van der Waals surface area contributed by atoms with Gasteiger partial charge in [0.25, 0.3) is 5.56 Å². The number of nitrogens with zero attached hydrogens (tertiary/aromatic N) is 2. The molecule has 140 valence electrons. The second-order valence-corrected chi connectivity index (χ2v) is 8.55. The molecule has 1 aliphatic heterocycles. The predicted octanol–water partition coefficient (Wildman–Crippen LogP) is 3.31. The van der Waals surface area contributed by atoms with E-state index in [1.165, 1.54) is 15.9 Å². The quantitative estimate of drug-likeness (QED) is 0.651.